The first-order chi connectivity index (χ1) is 5.36. The van der Waals surface area contributed by atoms with Crippen molar-refractivity contribution in [1.82, 2.24) is 0 Å². The zero-order chi connectivity index (χ0) is 7.68. The van der Waals surface area contributed by atoms with E-state index >= 15 is 0 Å². The summed E-state index contributed by atoms with van der Waals surface area (Å²) in [6, 6.07) is 8.77. The minimum atomic E-state index is 1.20. The van der Waals surface area contributed by atoms with Crippen molar-refractivity contribution in [1.29, 1.82) is 0 Å². The van der Waals surface area contributed by atoms with Gasteiger partial charge in [0.05, 0.1) is 13.6 Å². The lowest BCUT2D eigenvalue weighted by Crippen LogP contribution is -3.08. The molecule has 11 heavy (non-hydrogen) atoms. The second-order valence-electron chi connectivity index (χ2n) is 3.40. The molecule has 58 valence electrons. The summed E-state index contributed by atoms with van der Waals surface area (Å²) in [5.74, 6) is 0. The van der Waals surface area contributed by atoms with Crippen molar-refractivity contribution in [3.8, 4) is 0 Å². The van der Waals surface area contributed by atoms with Crippen LogP contribution in [0.25, 0.3) is 0 Å². The molecule has 1 aromatic rings. The smallest absolute Gasteiger partial charge is 0.103 e. The molecule has 1 aliphatic rings. The van der Waals surface area contributed by atoms with Gasteiger partial charge in [-0.25, -0.2) is 0 Å². The summed E-state index contributed by atoms with van der Waals surface area (Å²) in [4.78, 5) is 1.63. The molecule has 0 spiro atoms. The van der Waals surface area contributed by atoms with Gasteiger partial charge in [0.1, 0.15) is 6.54 Å². The Labute approximate surface area is 67.6 Å². The fraction of sp³-hybridized carbons (Fsp3) is 0.400. The number of benzene rings is 1. The average molecular weight is 148 g/mol. The SMILES string of the molecule is C[NH+]1CCc2ccccc2C1. The Morgan fingerprint density at radius 2 is 1.91 bits per heavy atom. The molecule has 1 aliphatic heterocycles. The van der Waals surface area contributed by atoms with Crippen LogP contribution in [0.1, 0.15) is 11.1 Å². The molecule has 0 fully saturated rings. The van der Waals surface area contributed by atoms with Gasteiger partial charge in [-0.3, -0.25) is 0 Å². The highest BCUT2D eigenvalue weighted by Crippen LogP contribution is 2.09. The van der Waals surface area contributed by atoms with Crippen LogP contribution in [0.4, 0.5) is 0 Å². The Balaban J connectivity index is 2.34. The van der Waals surface area contributed by atoms with Gasteiger partial charge in [0, 0.05) is 12.0 Å². The number of quaternary nitrogens is 1. The molecule has 1 atom stereocenters. The molecule has 1 unspecified atom stereocenters. The van der Waals surface area contributed by atoms with Gasteiger partial charge in [0.15, 0.2) is 0 Å². The minimum Gasteiger partial charge on any atom is -0.333 e. The number of likely N-dealkylation sites (N-methyl/N-ethyl adjacent to an activating group) is 1. The van der Waals surface area contributed by atoms with Crippen molar-refractivity contribution in [2.24, 2.45) is 0 Å². The van der Waals surface area contributed by atoms with Crippen molar-refractivity contribution >= 4 is 0 Å². The summed E-state index contributed by atoms with van der Waals surface area (Å²) >= 11 is 0. The Hall–Kier alpha value is -0.820. The third kappa shape index (κ3) is 1.29. The normalized spacial score (nSPS) is 22.8. The van der Waals surface area contributed by atoms with Crippen LogP contribution in [0.3, 0.4) is 0 Å². The van der Waals surface area contributed by atoms with Crippen molar-refractivity contribution in [3.05, 3.63) is 35.4 Å². The molecule has 1 N–H and O–H groups in total. The molecule has 0 saturated heterocycles. The maximum Gasteiger partial charge on any atom is 0.103 e. The molecule has 0 bridgehead atoms. The van der Waals surface area contributed by atoms with E-state index in [2.05, 4.69) is 31.3 Å². The van der Waals surface area contributed by atoms with E-state index in [1.807, 2.05) is 0 Å². The predicted molar refractivity (Wildman–Crippen MR) is 45.6 cm³/mol. The van der Waals surface area contributed by atoms with Gasteiger partial charge in [0.25, 0.3) is 0 Å². The van der Waals surface area contributed by atoms with Crippen LogP contribution in [-0.4, -0.2) is 13.6 Å². The molecule has 1 heterocycles. The maximum atomic E-state index is 2.26. The molecular formula is C10H14N+. The second-order valence-corrected chi connectivity index (χ2v) is 3.40. The number of hydrogen-bond donors (Lipinski definition) is 1. The van der Waals surface area contributed by atoms with Crippen molar-refractivity contribution < 1.29 is 4.90 Å². The Morgan fingerprint density at radius 3 is 2.73 bits per heavy atom. The molecule has 1 nitrogen and oxygen atoms in total. The van der Waals surface area contributed by atoms with E-state index in [0.717, 1.165) is 0 Å². The fourth-order valence-corrected chi connectivity index (χ4v) is 1.74. The number of hydrogen-bond acceptors (Lipinski definition) is 0. The monoisotopic (exact) mass is 148 g/mol. The van der Waals surface area contributed by atoms with Crippen LogP contribution in [0.2, 0.25) is 0 Å². The molecule has 0 saturated carbocycles. The third-order valence-corrected chi connectivity index (χ3v) is 2.43. The van der Waals surface area contributed by atoms with E-state index in [1.165, 1.54) is 25.1 Å². The number of fused-ring (bicyclic) bond motifs is 1. The van der Waals surface area contributed by atoms with E-state index in [1.54, 1.807) is 10.5 Å². The second kappa shape index (κ2) is 2.67. The molecule has 0 radical (unpaired) electrons. The Morgan fingerprint density at radius 1 is 1.18 bits per heavy atom. The van der Waals surface area contributed by atoms with Crippen LogP contribution >= 0.6 is 0 Å². The Kier molecular flexibility index (Phi) is 1.66. The van der Waals surface area contributed by atoms with Crippen molar-refractivity contribution in [2.75, 3.05) is 13.6 Å². The summed E-state index contributed by atoms with van der Waals surface area (Å²) in [7, 11) is 2.26. The lowest BCUT2D eigenvalue weighted by molar-refractivity contribution is -0.895. The molecular weight excluding hydrogens is 134 g/mol. The van der Waals surface area contributed by atoms with Crippen LogP contribution < -0.4 is 4.90 Å². The van der Waals surface area contributed by atoms with Crippen LogP contribution in [0.15, 0.2) is 24.3 Å². The van der Waals surface area contributed by atoms with Gasteiger partial charge in [-0.2, -0.15) is 0 Å². The molecule has 0 aliphatic carbocycles. The highest BCUT2D eigenvalue weighted by molar-refractivity contribution is 5.27. The maximum absolute atomic E-state index is 2.26. The lowest BCUT2D eigenvalue weighted by atomic mass is 10.0. The Bertz CT molecular complexity index is 255. The average Bonchev–Trinajstić information content (AvgIpc) is 2.04. The van der Waals surface area contributed by atoms with Crippen LogP contribution in [0, 0.1) is 0 Å². The predicted octanol–water partition coefficient (Wildman–Crippen LogP) is 0.257. The zero-order valence-corrected chi connectivity index (χ0v) is 6.93. The molecule has 0 amide bonds. The van der Waals surface area contributed by atoms with E-state index in [0.29, 0.717) is 0 Å². The lowest BCUT2D eigenvalue weighted by Gasteiger charge is -2.21. The number of nitrogens with one attached hydrogen (secondary N) is 1. The number of rotatable bonds is 0. The van der Waals surface area contributed by atoms with Gasteiger partial charge in [-0.05, 0) is 5.56 Å². The summed E-state index contributed by atoms with van der Waals surface area (Å²) in [5.41, 5.74) is 3.09. The van der Waals surface area contributed by atoms with Crippen molar-refractivity contribution in [2.45, 2.75) is 13.0 Å². The summed E-state index contributed by atoms with van der Waals surface area (Å²) in [6.07, 6.45) is 1.25. The van der Waals surface area contributed by atoms with E-state index in [-0.39, 0.29) is 0 Å². The summed E-state index contributed by atoms with van der Waals surface area (Å²) in [6.45, 7) is 2.49. The quantitative estimate of drug-likeness (QED) is 0.538. The van der Waals surface area contributed by atoms with Gasteiger partial charge < -0.3 is 4.90 Å². The molecule has 1 aromatic carbocycles. The largest absolute Gasteiger partial charge is 0.333 e. The first-order valence-corrected chi connectivity index (χ1v) is 4.24. The van der Waals surface area contributed by atoms with Crippen molar-refractivity contribution in [3.63, 3.8) is 0 Å². The molecule has 2 rings (SSSR count). The topological polar surface area (TPSA) is 4.44 Å². The van der Waals surface area contributed by atoms with E-state index < -0.39 is 0 Å². The van der Waals surface area contributed by atoms with Gasteiger partial charge in [-0.15, -0.1) is 0 Å². The van der Waals surface area contributed by atoms with Crippen LogP contribution in [0.5, 0.6) is 0 Å². The zero-order valence-electron chi connectivity index (χ0n) is 6.93. The fourth-order valence-electron chi connectivity index (χ4n) is 1.74. The summed E-state index contributed by atoms with van der Waals surface area (Å²) < 4.78 is 0. The van der Waals surface area contributed by atoms with Gasteiger partial charge in [0.2, 0.25) is 0 Å². The minimum absolute atomic E-state index is 1.20. The molecule has 0 aromatic heterocycles. The first kappa shape index (κ1) is 6.86. The van der Waals surface area contributed by atoms with Crippen LogP contribution in [-0.2, 0) is 13.0 Å². The first-order valence-electron chi connectivity index (χ1n) is 4.24. The molecule has 1 heteroatoms. The van der Waals surface area contributed by atoms with E-state index in [9.17, 15) is 0 Å². The highest BCUT2D eigenvalue weighted by atomic mass is 15.1. The highest BCUT2D eigenvalue weighted by Gasteiger charge is 2.13. The van der Waals surface area contributed by atoms with Gasteiger partial charge in [-0.1, -0.05) is 24.3 Å². The van der Waals surface area contributed by atoms with Gasteiger partial charge >= 0.3 is 0 Å². The summed E-state index contributed by atoms with van der Waals surface area (Å²) in [5, 5.41) is 0. The standard InChI is InChI=1S/C10H13N/c1-11-7-6-9-4-2-3-5-10(9)8-11/h2-5H,6-8H2,1H3/p+1. The van der Waals surface area contributed by atoms with E-state index in [4.69, 9.17) is 0 Å². The third-order valence-electron chi connectivity index (χ3n) is 2.43.